The third kappa shape index (κ3) is 5.21. The Kier molecular flexibility index (Phi) is 6.57. The van der Waals surface area contributed by atoms with Crippen molar-refractivity contribution in [3.8, 4) is 11.5 Å². The van der Waals surface area contributed by atoms with E-state index in [4.69, 9.17) is 17.0 Å². The van der Waals surface area contributed by atoms with Crippen molar-refractivity contribution in [1.82, 2.24) is 5.32 Å². The van der Waals surface area contributed by atoms with Crippen LogP contribution in [0.25, 0.3) is 0 Å². The molecule has 0 heterocycles. The molecule has 3 N–H and O–H groups in total. The molecule has 0 unspecified atom stereocenters. The fraction of sp³-hybridized carbons (Fsp3) is 0.176. The number of hydrogen-bond donors (Lipinski definition) is 3. The molecule has 0 aliphatic carbocycles. The summed E-state index contributed by atoms with van der Waals surface area (Å²) in [6, 6.07) is 11.7. The van der Waals surface area contributed by atoms with E-state index in [1.807, 2.05) is 13.0 Å². The SMILES string of the molecule is CCCOc1ccc(Br)cc1C(=O)NC(=S)Nc1cccc(O)c1. The van der Waals surface area contributed by atoms with Gasteiger partial charge in [-0.25, -0.2) is 0 Å². The van der Waals surface area contributed by atoms with E-state index in [0.29, 0.717) is 23.6 Å². The quantitative estimate of drug-likeness (QED) is 0.650. The molecule has 7 heteroatoms. The predicted molar refractivity (Wildman–Crippen MR) is 102 cm³/mol. The van der Waals surface area contributed by atoms with Crippen LogP contribution < -0.4 is 15.4 Å². The van der Waals surface area contributed by atoms with Crippen LogP contribution in [-0.2, 0) is 0 Å². The van der Waals surface area contributed by atoms with Gasteiger partial charge in [0, 0.05) is 16.2 Å². The zero-order chi connectivity index (χ0) is 17.5. The molecule has 2 rings (SSSR count). The third-order valence-corrected chi connectivity index (χ3v) is 3.68. The normalized spacial score (nSPS) is 10.1. The van der Waals surface area contributed by atoms with Gasteiger partial charge in [-0.3, -0.25) is 10.1 Å². The number of benzene rings is 2. The first-order valence-electron chi connectivity index (χ1n) is 7.33. The highest BCUT2D eigenvalue weighted by Crippen LogP contribution is 2.23. The number of anilines is 1. The summed E-state index contributed by atoms with van der Waals surface area (Å²) in [5.41, 5.74) is 0.967. The number of hydrogen-bond acceptors (Lipinski definition) is 4. The summed E-state index contributed by atoms with van der Waals surface area (Å²) in [4.78, 5) is 12.5. The summed E-state index contributed by atoms with van der Waals surface area (Å²) < 4.78 is 6.37. The van der Waals surface area contributed by atoms with Crippen molar-refractivity contribution in [3.63, 3.8) is 0 Å². The van der Waals surface area contributed by atoms with E-state index in [-0.39, 0.29) is 16.8 Å². The average molecular weight is 409 g/mol. The van der Waals surface area contributed by atoms with Crippen LogP contribution in [0.2, 0.25) is 0 Å². The minimum Gasteiger partial charge on any atom is -0.508 e. The van der Waals surface area contributed by atoms with Crippen LogP contribution in [0, 0.1) is 0 Å². The van der Waals surface area contributed by atoms with Gasteiger partial charge in [0.2, 0.25) is 0 Å². The summed E-state index contributed by atoms with van der Waals surface area (Å²) >= 11 is 8.49. The highest BCUT2D eigenvalue weighted by molar-refractivity contribution is 9.10. The Morgan fingerprint density at radius 3 is 2.79 bits per heavy atom. The minimum atomic E-state index is -0.375. The number of ether oxygens (including phenoxy) is 1. The van der Waals surface area contributed by atoms with Gasteiger partial charge in [0.15, 0.2) is 5.11 Å². The maximum atomic E-state index is 12.5. The molecule has 24 heavy (non-hydrogen) atoms. The average Bonchev–Trinajstić information content (AvgIpc) is 2.53. The molecule has 0 bridgehead atoms. The van der Waals surface area contributed by atoms with E-state index in [1.165, 1.54) is 6.07 Å². The van der Waals surface area contributed by atoms with E-state index in [2.05, 4.69) is 26.6 Å². The molecule has 0 spiro atoms. The minimum absolute atomic E-state index is 0.108. The van der Waals surface area contributed by atoms with Gasteiger partial charge in [0.1, 0.15) is 11.5 Å². The van der Waals surface area contributed by atoms with Crippen LogP contribution >= 0.6 is 28.1 Å². The Hall–Kier alpha value is -2.12. The Labute approximate surface area is 154 Å². The van der Waals surface area contributed by atoms with E-state index >= 15 is 0 Å². The predicted octanol–water partition coefficient (Wildman–Crippen LogP) is 4.07. The molecule has 2 aromatic carbocycles. The van der Waals surface area contributed by atoms with E-state index in [0.717, 1.165) is 10.9 Å². The molecular weight excluding hydrogens is 392 g/mol. The molecule has 0 fully saturated rings. The summed E-state index contributed by atoms with van der Waals surface area (Å²) in [5.74, 6) is 0.231. The molecular formula is C17H17BrN2O3S. The van der Waals surface area contributed by atoms with Crippen molar-refractivity contribution in [1.29, 1.82) is 0 Å². The number of thiocarbonyl (C=S) groups is 1. The molecule has 0 saturated carbocycles. The Bertz CT molecular complexity index is 752. The number of phenolic OH excluding ortho intramolecular Hbond substituents is 1. The lowest BCUT2D eigenvalue weighted by atomic mass is 10.2. The van der Waals surface area contributed by atoms with Crippen LogP contribution in [0.15, 0.2) is 46.9 Å². The number of carbonyl (C=O) groups is 1. The van der Waals surface area contributed by atoms with Gasteiger partial charge < -0.3 is 15.2 Å². The smallest absolute Gasteiger partial charge is 0.261 e. The van der Waals surface area contributed by atoms with Crippen LogP contribution in [0.4, 0.5) is 5.69 Å². The summed E-state index contributed by atoms with van der Waals surface area (Å²) in [6.45, 7) is 2.51. The Morgan fingerprint density at radius 2 is 2.08 bits per heavy atom. The molecule has 0 aliphatic heterocycles. The zero-order valence-electron chi connectivity index (χ0n) is 13.0. The van der Waals surface area contributed by atoms with Crippen molar-refractivity contribution in [2.45, 2.75) is 13.3 Å². The molecule has 126 valence electrons. The lowest BCUT2D eigenvalue weighted by Gasteiger charge is -2.13. The van der Waals surface area contributed by atoms with Crippen LogP contribution in [0.3, 0.4) is 0 Å². The van der Waals surface area contributed by atoms with Crippen molar-refractivity contribution in [2.24, 2.45) is 0 Å². The molecule has 0 aromatic heterocycles. The molecule has 0 aliphatic rings. The fourth-order valence-electron chi connectivity index (χ4n) is 1.93. The second-order valence-corrected chi connectivity index (χ2v) is 6.27. The summed E-state index contributed by atoms with van der Waals surface area (Å²) in [5, 5.41) is 15.0. The number of aromatic hydroxyl groups is 1. The van der Waals surface area contributed by atoms with Crippen molar-refractivity contribution in [3.05, 3.63) is 52.5 Å². The number of carbonyl (C=O) groups excluding carboxylic acids is 1. The first-order chi connectivity index (χ1) is 11.5. The summed E-state index contributed by atoms with van der Waals surface area (Å²) in [6.07, 6.45) is 0.842. The molecule has 5 nitrogen and oxygen atoms in total. The Balaban J connectivity index is 2.08. The van der Waals surface area contributed by atoms with Crippen molar-refractivity contribution >= 4 is 44.9 Å². The van der Waals surface area contributed by atoms with Gasteiger partial charge in [-0.05, 0) is 49.0 Å². The maximum absolute atomic E-state index is 12.5. The number of halogens is 1. The van der Waals surface area contributed by atoms with E-state index < -0.39 is 0 Å². The topological polar surface area (TPSA) is 70.6 Å². The van der Waals surface area contributed by atoms with E-state index in [1.54, 1.807) is 30.3 Å². The van der Waals surface area contributed by atoms with Gasteiger partial charge in [-0.2, -0.15) is 0 Å². The highest BCUT2D eigenvalue weighted by atomic mass is 79.9. The highest BCUT2D eigenvalue weighted by Gasteiger charge is 2.15. The lowest BCUT2D eigenvalue weighted by Crippen LogP contribution is -2.34. The third-order valence-electron chi connectivity index (χ3n) is 2.98. The van der Waals surface area contributed by atoms with Gasteiger partial charge in [0.05, 0.1) is 12.2 Å². The van der Waals surface area contributed by atoms with Crippen molar-refractivity contribution < 1.29 is 14.6 Å². The summed E-state index contributed by atoms with van der Waals surface area (Å²) in [7, 11) is 0. The fourth-order valence-corrected chi connectivity index (χ4v) is 2.51. The largest absolute Gasteiger partial charge is 0.508 e. The maximum Gasteiger partial charge on any atom is 0.261 e. The van der Waals surface area contributed by atoms with Gasteiger partial charge >= 0.3 is 0 Å². The number of nitrogens with one attached hydrogen (secondary N) is 2. The lowest BCUT2D eigenvalue weighted by molar-refractivity contribution is 0.0973. The van der Waals surface area contributed by atoms with Crippen LogP contribution in [0.1, 0.15) is 23.7 Å². The van der Waals surface area contributed by atoms with Gasteiger partial charge in [-0.15, -0.1) is 0 Å². The first-order valence-corrected chi connectivity index (χ1v) is 8.53. The van der Waals surface area contributed by atoms with Crippen LogP contribution in [-0.4, -0.2) is 22.7 Å². The molecule has 1 amide bonds. The Morgan fingerprint density at radius 1 is 1.29 bits per heavy atom. The molecule has 0 saturated heterocycles. The second kappa shape index (κ2) is 8.65. The van der Waals surface area contributed by atoms with Crippen molar-refractivity contribution in [2.75, 3.05) is 11.9 Å². The second-order valence-electron chi connectivity index (χ2n) is 4.95. The van der Waals surface area contributed by atoms with E-state index in [9.17, 15) is 9.90 Å². The first kappa shape index (κ1) is 18.2. The molecule has 2 aromatic rings. The zero-order valence-corrected chi connectivity index (χ0v) is 15.4. The monoisotopic (exact) mass is 408 g/mol. The number of phenols is 1. The van der Waals surface area contributed by atoms with Crippen LogP contribution in [0.5, 0.6) is 11.5 Å². The number of amides is 1. The number of rotatable bonds is 5. The van der Waals surface area contributed by atoms with Gasteiger partial charge in [-0.1, -0.05) is 28.9 Å². The molecule has 0 atom stereocenters. The standard InChI is InChI=1S/C17H17BrN2O3S/c1-2-8-23-15-7-6-11(18)9-14(15)16(22)20-17(24)19-12-4-3-5-13(21)10-12/h3-7,9-10,21H,2,8H2,1H3,(H2,19,20,22,24). The molecule has 0 radical (unpaired) electrons. The van der Waals surface area contributed by atoms with Gasteiger partial charge in [0.25, 0.3) is 5.91 Å².